The third-order valence-corrected chi connectivity index (χ3v) is 3.45. The lowest BCUT2D eigenvalue weighted by molar-refractivity contribution is 0.263. The molecule has 0 saturated heterocycles. The van der Waals surface area contributed by atoms with Gasteiger partial charge >= 0.3 is 0 Å². The highest BCUT2D eigenvalue weighted by Crippen LogP contribution is 2.45. The van der Waals surface area contributed by atoms with Crippen molar-refractivity contribution in [1.29, 1.82) is 0 Å². The summed E-state index contributed by atoms with van der Waals surface area (Å²) in [4.78, 5) is 0. The van der Waals surface area contributed by atoms with Crippen LogP contribution in [-0.2, 0) is 0 Å². The first kappa shape index (κ1) is 8.04. The van der Waals surface area contributed by atoms with Crippen molar-refractivity contribution < 1.29 is 0 Å². The van der Waals surface area contributed by atoms with E-state index in [9.17, 15) is 0 Å². The van der Waals surface area contributed by atoms with Crippen LogP contribution >= 0.6 is 0 Å². The van der Waals surface area contributed by atoms with E-state index < -0.39 is 0 Å². The predicted octanol–water partition coefficient (Wildman–Crippen LogP) is 2.83. The summed E-state index contributed by atoms with van der Waals surface area (Å²) in [5.41, 5.74) is 8.01. The number of hydrogen-bond acceptors (Lipinski definition) is 1. The Morgan fingerprint density at radius 3 is 2.71 bits per heavy atom. The van der Waals surface area contributed by atoms with Crippen molar-refractivity contribution in [2.75, 3.05) is 0 Å². The Hall–Kier alpha value is -1.31. The van der Waals surface area contributed by atoms with Crippen LogP contribution < -0.4 is 5.43 Å². The van der Waals surface area contributed by atoms with Crippen LogP contribution in [0.1, 0.15) is 31.7 Å². The summed E-state index contributed by atoms with van der Waals surface area (Å²) < 4.78 is 0. The summed E-state index contributed by atoms with van der Waals surface area (Å²) in [6.45, 7) is 2.30. The van der Waals surface area contributed by atoms with E-state index in [1.54, 1.807) is 0 Å². The van der Waals surface area contributed by atoms with Crippen molar-refractivity contribution in [3.63, 3.8) is 0 Å². The van der Waals surface area contributed by atoms with Gasteiger partial charge in [-0.1, -0.05) is 31.5 Å². The van der Waals surface area contributed by atoms with E-state index in [1.807, 2.05) is 12.1 Å². The molecule has 0 bridgehead atoms. The van der Waals surface area contributed by atoms with Crippen molar-refractivity contribution in [2.45, 2.75) is 26.2 Å². The molecule has 2 aliphatic rings. The van der Waals surface area contributed by atoms with Gasteiger partial charge in [-0.2, -0.15) is 10.5 Å². The summed E-state index contributed by atoms with van der Waals surface area (Å²) in [5, 5.41) is 4.34. The second kappa shape index (κ2) is 2.59. The molecule has 1 saturated carbocycles. The Morgan fingerprint density at radius 1 is 1.21 bits per heavy atom. The lowest BCUT2D eigenvalue weighted by Gasteiger charge is -2.38. The molecule has 2 heteroatoms. The zero-order valence-electron chi connectivity index (χ0n) is 8.33. The maximum Gasteiger partial charge on any atom is 0.0948 e. The first-order chi connectivity index (χ1) is 6.80. The number of rotatable bonds is 1. The Kier molecular flexibility index (Phi) is 1.49. The molecule has 1 heterocycles. The minimum Gasteiger partial charge on any atom is -0.154 e. The molecule has 1 aliphatic heterocycles. The van der Waals surface area contributed by atoms with Crippen molar-refractivity contribution in [3.8, 4) is 0 Å². The van der Waals surface area contributed by atoms with Gasteiger partial charge in [0.15, 0.2) is 0 Å². The number of benzene rings is 1. The van der Waals surface area contributed by atoms with Gasteiger partial charge in [0.1, 0.15) is 0 Å². The molecule has 3 rings (SSSR count). The lowest BCUT2D eigenvalue weighted by atomic mass is 9.66. The molecule has 71 valence electrons. The molecule has 1 fully saturated rings. The fourth-order valence-electron chi connectivity index (χ4n) is 2.31. The van der Waals surface area contributed by atoms with Gasteiger partial charge in [0.2, 0.25) is 0 Å². The Balaban J connectivity index is 2.04. The van der Waals surface area contributed by atoms with Gasteiger partial charge in [0, 0.05) is 11.0 Å². The van der Waals surface area contributed by atoms with E-state index in [0.717, 1.165) is 5.69 Å². The molecule has 0 atom stereocenters. The Morgan fingerprint density at radius 2 is 2.00 bits per heavy atom. The molecule has 1 aliphatic carbocycles. The molecule has 1 aromatic rings. The SMILES string of the molecule is CC1(C2=N[N]c3ccccc32)CCC1. The molecule has 2 nitrogen and oxygen atoms in total. The normalized spacial score (nSPS) is 21.9. The van der Waals surface area contributed by atoms with Crippen LogP contribution in [0.5, 0.6) is 0 Å². The average molecular weight is 185 g/mol. The number of nitrogens with zero attached hydrogens (tertiary/aromatic N) is 2. The topological polar surface area (TPSA) is 26.5 Å². The first-order valence-electron chi connectivity index (χ1n) is 5.18. The van der Waals surface area contributed by atoms with Crippen LogP contribution in [0.25, 0.3) is 0 Å². The second-order valence-electron chi connectivity index (χ2n) is 4.48. The van der Waals surface area contributed by atoms with Crippen LogP contribution in [0.15, 0.2) is 29.4 Å². The molecule has 14 heavy (non-hydrogen) atoms. The van der Waals surface area contributed by atoms with Crippen molar-refractivity contribution in [1.82, 2.24) is 5.43 Å². The smallest absolute Gasteiger partial charge is 0.0948 e. The summed E-state index contributed by atoms with van der Waals surface area (Å²) in [6.07, 6.45) is 3.85. The number of fused-ring (bicyclic) bond motifs is 1. The standard InChI is InChI=1S/C12H13N2/c1-12(7-4-8-12)11-9-5-2-3-6-10(9)13-14-11/h2-3,5-6H,4,7-8H2,1H3. The monoisotopic (exact) mass is 185 g/mol. The molecular weight excluding hydrogens is 172 g/mol. The highest BCUT2D eigenvalue weighted by atomic mass is 15.3. The molecule has 1 radical (unpaired) electrons. The van der Waals surface area contributed by atoms with Gasteiger partial charge in [-0.05, 0) is 18.9 Å². The van der Waals surface area contributed by atoms with E-state index in [4.69, 9.17) is 0 Å². The van der Waals surface area contributed by atoms with Crippen molar-refractivity contribution >= 4 is 11.4 Å². The predicted molar refractivity (Wildman–Crippen MR) is 56.7 cm³/mol. The van der Waals surface area contributed by atoms with Crippen molar-refractivity contribution in [3.05, 3.63) is 29.8 Å². The van der Waals surface area contributed by atoms with Gasteiger partial charge in [-0.25, -0.2) is 0 Å². The molecule has 0 amide bonds. The van der Waals surface area contributed by atoms with Gasteiger partial charge in [0.25, 0.3) is 0 Å². The molecule has 0 N–H and O–H groups in total. The quantitative estimate of drug-likeness (QED) is 0.643. The summed E-state index contributed by atoms with van der Waals surface area (Å²) in [6, 6.07) is 8.25. The summed E-state index contributed by atoms with van der Waals surface area (Å²) in [7, 11) is 0. The second-order valence-corrected chi connectivity index (χ2v) is 4.48. The molecule has 1 aromatic carbocycles. The molecule has 0 spiro atoms. The van der Waals surface area contributed by atoms with Crippen LogP contribution in [0.4, 0.5) is 5.69 Å². The minimum atomic E-state index is 0.302. The van der Waals surface area contributed by atoms with E-state index in [-0.39, 0.29) is 0 Å². The first-order valence-corrected chi connectivity index (χ1v) is 5.18. The zero-order valence-corrected chi connectivity index (χ0v) is 8.33. The molecule has 0 aromatic heterocycles. The highest BCUT2D eigenvalue weighted by molar-refractivity contribution is 6.10. The van der Waals surface area contributed by atoms with E-state index in [1.165, 1.54) is 30.5 Å². The van der Waals surface area contributed by atoms with Crippen LogP contribution in [-0.4, -0.2) is 5.71 Å². The fraction of sp³-hybridized carbons (Fsp3) is 0.417. The fourth-order valence-corrected chi connectivity index (χ4v) is 2.31. The minimum absolute atomic E-state index is 0.302. The van der Waals surface area contributed by atoms with Gasteiger partial charge in [-0.3, -0.25) is 0 Å². The van der Waals surface area contributed by atoms with Gasteiger partial charge < -0.3 is 0 Å². The zero-order chi connectivity index (χ0) is 9.60. The molecular formula is C12H13N2. The van der Waals surface area contributed by atoms with E-state index >= 15 is 0 Å². The van der Waals surface area contributed by atoms with Crippen LogP contribution in [0.2, 0.25) is 0 Å². The lowest BCUT2D eigenvalue weighted by Crippen LogP contribution is -2.34. The Bertz CT molecular complexity index is 403. The maximum atomic E-state index is 4.34. The highest BCUT2D eigenvalue weighted by Gasteiger charge is 2.40. The Labute approximate surface area is 84.0 Å². The third-order valence-electron chi connectivity index (χ3n) is 3.45. The maximum absolute atomic E-state index is 4.34. The van der Waals surface area contributed by atoms with E-state index in [2.05, 4.69) is 29.6 Å². The molecule has 0 unspecified atom stereocenters. The summed E-state index contributed by atoms with van der Waals surface area (Å²) in [5.74, 6) is 0. The van der Waals surface area contributed by atoms with Crippen molar-refractivity contribution in [2.24, 2.45) is 10.5 Å². The van der Waals surface area contributed by atoms with Gasteiger partial charge in [0.05, 0.1) is 11.4 Å². The number of hydrogen-bond donors (Lipinski definition) is 0. The van der Waals surface area contributed by atoms with E-state index in [0.29, 0.717) is 5.41 Å². The van der Waals surface area contributed by atoms with Crippen LogP contribution in [0, 0.1) is 5.41 Å². The van der Waals surface area contributed by atoms with Crippen LogP contribution in [0.3, 0.4) is 0 Å². The summed E-state index contributed by atoms with van der Waals surface area (Å²) >= 11 is 0. The van der Waals surface area contributed by atoms with Gasteiger partial charge in [-0.15, -0.1) is 0 Å². The third kappa shape index (κ3) is 0.939. The average Bonchev–Trinajstić information content (AvgIpc) is 2.58. The largest absolute Gasteiger partial charge is 0.154 e.